The largest absolute Gasteiger partial charge is 2.00 e. The summed E-state index contributed by atoms with van der Waals surface area (Å²) in [5, 5.41) is 0. The summed E-state index contributed by atoms with van der Waals surface area (Å²) in [5.41, 5.74) is 0. The molecule has 0 aromatic rings. The average molecular weight is 70.3 g/mol. The van der Waals surface area contributed by atoms with Gasteiger partial charge in [-0.1, -0.05) is 0 Å². The molecular weight excluding hydrogens is 68.3 g/mol. The van der Waals surface area contributed by atoms with Gasteiger partial charge in [0.1, 0.15) is 0 Å². The molecule has 3 heteroatoms. The predicted octanol–water partition coefficient (Wildman–Crippen LogP) is -0.739. The summed E-state index contributed by atoms with van der Waals surface area (Å²) < 4.78 is 0. The molecule has 0 atom stereocenters. The van der Waals surface area contributed by atoms with Gasteiger partial charge < -0.3 is 2.85 Å². The van der Waals surface area contributed by atoms with E-state index in [-0.39, 0.29) is 32.1 Å². The summed E-state index contributed by atoms with van der Waals surface area (Å²) in [6.07, 6.45) is 0.250. The van der Waals surface area contributed by atoms with Crippen LogP contribution in [0.25, 0.3) is 0 Å². The van der Waals surface area contributed by atoms with E-state index in [4.69, 9.17) is 9.59 Å². The SMILES string of the molecule is O=C=O.[H-].[H-].[Mg+2]. The molecule has 0 aromatic heterocycles. The van der Waals surface area contributed by atoms with Crippen LogP contribution in [-0.4, -0.2) is 29.2 Å². The number of rotatable bonds is 0. The van der Waals surface area contributed by atoms with Crippen molar-refractivity contribution in [3.05, 3.63) is 0 Å². The first-order valence-corrected chi connectivity index (χ1v) is 0.408. The number of carbonyl (C=O) groups excluding carboxylic acids is 2. The summed E-state index contributed by atoms with van der Waals surface area (Å²) >= 11 is 0. The van der Waals surface area contributed by atoms with Gasteiger partial charge in [-0.3, -0.25) is 0 Å². The van der Waals surface area contributed by atoms with E-state index in [1.807, 2.05) is 0 Å². The van der Waals surface area contributed by atoms with Gasteiger partial charge in [0, 0.05) is 0 Å². The normalized spacial score (nSPS) is 2.00. The van der Waals surface area contributed by atoms with Gasteiger partial charge in [0.25, 0.3) is 0 Å². The van der Waals surface area contributed by atoms with Crippen molar-refractivity contribution in [3.63, 3.8) is 0 Å². The molecule has 0 aliphatic carbocycles. The maximum Gasteiger partial charge on any atom is 2.00 e. The Labute approximate surface area is 42.3 Å². The van der Waals surface area contributed by atoms with Crippen molar-refractivity contribution in [2.24, 2.45) is 0 Å². The first-order valence-electron chi connectivity index (χ1n) is 0.408. The molecule has 0 radical (unpaired) electrons. The fourth-order valence-electron chi connectivity index (χ4n) is 0. The Balaban J connectivity index is -0.00000000667. The number of hydrogen-bond donors (Lipinski definition) is 0. The Morgan fingerprint density at radius 2 is 1.50 bits per heavy atom. The molecule has 0 saturated carbocycles. The molecule has 0 unspecified atom stereocenters. The zero-order valence-corrected chi connectivity index (χ0v) is 3.44. The first-order chi connectivity index (χ1) is 1.41. The monoisotopic (exact) mass is 70.0 g/mol. The van der Waals surface area contributed by atoms with Gasteiger partial charge in [0.15, 0.2) is 0 Å². The van der Waals surface area contributed by atoms with Crippen LogP contribution < -0.4 is 0 Å². The van der Waals surface area contributed by atoms with Crippen molar-refractivity contribution in [1.29, 1.82) is 0 Å². The maximum absolute atomic E-state index is 8.12. The number of hydrogen-bond acceptors (Lipinski definition) is 2. The van der Waals surface area contributed by atoms with Crippen molar-refractivity contribution in [3.8, 4) is 0 Å². The van der Waals surface area contributed by atoms with E-state index in [2.05, 4.69) is 0 Å². The fraction of sp³-hybridized carbons (Fsp3) is 0. The Morgan fingerprint density at radius 1 is 1.50 bits per heavy atom. The second-order valence-electron chi connectivity index (χ2n) is 0.0833. The van der Waals surface area contributed by atoms with E-state index in [9.17, 15) is 0 Å². The first kappa shape index (κ1) is 8.91. The third-order valence-corrected chi connectivity index (χ3v) is 0. The second kappa shape index (κ2) is 11.0. The molecule has 0 aromatic carbocycles. The molecule has 0 amide bonds. The smallest absolute Gasteiger partial charge is 1.00 e. The predicted molar refractivity (Wildman–Crippen MR) is 13.0 cm³/mol. The molecule has 0 saturated heterocycles. The van der Waals surface area contributed by atoms with Crippen molar-refractivity contribution in [2.45, 2.75) is 0 Å². The third-order valence-electron chi connectivity index (χ3n) is 0. The van der Waals surface area contributed by atoms with Crippen LogP contribution in [0.4, 0.5) is 0 Å². The second-order valence-corrected chi connectivity index (χ2v) is 0.0833. The molecular formula is CH2MgO2. The molecule has 2 nitrogen and oxygen atoms in total. The van der Waals surface area contributed by atoms with Gasteiger partial charge in [-0.25, -0.2) is 0 Å². The molecule has 0 aliphatic heterocycles. The van der Waals surface area contributed by atoms with Crippen LogP contribution in [0.2, 0.25) is 0 Å². The van der Waals surface area contributed by atoms with Crippen LogP contribution >= 0.6 is 0 Å². The van der Waals surface area contributed by atoms with Crippen molar-refractivity contribution in [2.75, 3.05) is 0 Å². The topological polar surface area (TPSA) is 34.1 Å². The molecule has 0 rings (SSSR count). The third kappa shape index (κ3) is 132. The average Bonchev–Trinajstić information content (AvgIpc) is 0.918. The Kier molecular flexibility index (Phi) is 24.6. The molecule has 20 valence electrons. The molecule has 0 heterocycles. The Hall–Kier alpha value is 0.146. The maximum atomic E-state index is 8.12. The van der Waals surface area contributed by atoms with Gasteiger partial charge in [-0.15, -0.1) is 0 Å². The quantitative estimate of drug-likeness (QED) is 0.352. The van der Waals surface area contributed by atoms with Gasteiger partial charge in [0.05, 0.1) is 0 Å². The van der Waals surface area contributed by atoms with E-state index in [0.717, 1.165) is 0 Å². The minimum atomic E-state index is 0. The summed E-state index contributed by atoms with van der Waals surface area (Å²) in [7, 11) is 0. The Morgan fingerprint density at radius 3 is 1.50 bits per heavy atom. The minimum Gasteiger partial charge on any atom is -1.00 e. The van der Waals surface area contributed by atoms with E-state index in [1.54, 1.807) is 0 Å². The molecule has 0 fully saturated rings. The zero-order valence-electron chi connectivity index (χ0n) is 4.02. The Bertz CT molecular complexity index is 32.5. The molecule has 0 N–H and O–H groups in total. The van der Waals surface area contributed by atoms with E-state index in [0.29, 0.717) is 0 Å². The minimum absolute atomic E-state index is 0. The van der Waals surface area contributed by atoms with E-state index in [1.165, 1.54) is 0 Å². The summed E-state index contributed by atoms with van der Waals surface area (Å²) in [6, 6.07) is 0. The molecule has 4 heavy (non-hydrogen) atoms. The van der Waals surface area contributed by atoms with Crippen LogP contribution in [0.1, 0.15) is 2.85 Å². The summed E-state index contributed by atoms with van der Waals surface area (Å²) in [4.78, 5) is 16.2. The van der Waals surface area contributed by atoms with Crippen molar-refractivity contribution in [1.82, 2.24) is 0 Å². The van der Waals surface area contributed by atoms with Crippen LogP contribution in [0, 0.1) is 0 Å². The van der Waals surface area contributed by atoms with Crippen molar-refractivity contribution >= 4 is 29.2 Å². The van der Waals surface area contributed by atoms with E-state index < -0.39 is 0 Å². The summed E-state index contributed by atoms with van der Waals surface area (Å²) in [6.45, 7) is 0. The summed E-state index contributed by atoms with van der Waals surface area (Å²) in [5.74, 6) is 0. The van der Waals surface area contributed by atoms with Crippen LogP contribution in [0.3, 0.4) is 0 Å². The standard InChI is InChI=1S/CO2.Mg.2H/c2-1-3;;;/q;+2;2*-1. The molecule has 0 spiro atoms. The molecule has 0 bridgehead atoms. The van der Waals surface area contributed by atoms with Crippen LogP contribution in [0.5, 0.6) is 0 Å². The van der Waals surface area contributed by atoms with Gasteiger partial charge in [0.2, 0.25) is 0 Å². The van der Waals surface area contributed by atoms with Crippen LogP contribution in [-0.2, 0) is 9.59 Å². The van der Waals surface area contributed by atoms with Crippen LogP contribution in [0.15, 0.2) is 0 Å². The van der Waals surface area contributed by atoms with Crippen molar-refractivity contribution < 1.29 is 12.4 Å². The van der Waals surface area contributed by atoms with Gasteiger partial charge in [-0.05, 0) is 0 Å². The van der Waals surface area contributed by atoms with Gasteiger partial charge in [-0.2, -0.15) is 9.59 Å². The van der Waals surface area contributed by atoms with Gasteiger partial charge >= 0.3 is 29.2 Å². The zero-order chi connectivity index (χ0) is 2.71. The molecule has 0 aliphatic rings. The fourth-order valence-corrected chi connectivity index (χ4v) is 0. The van der Waals surface area contributed by atoms with E-state index >= 15 is 0 Å².